The molecule has 0 atom stereocenters. The van der Waals surface area contributed by atoms with Gasteiger partial charge in [-0.2, -0.15) is 11.8 Å². The van der Waals surface area contributed by atoms with Crippen LogP contribution < -0.4 is 0 Å². The highest BCUT2D eigenvalue weighted by atomic mass is 32.2. The van der Waals surface area contributed by atoms with Gasteiger partial charge in [-0.1, -0.05) is 0 Å². The van der Waals surface area contributed by atoms with Crippen LogP contribution in [0.5, 0.6) is 0 Å². The van der Waals surface area contributed by atoms with Crippen LogP contribution in [0.1, 0.15) is 23.0 Å². The van der Waals surface area contributed by atoms with E-state index in [2.05, 4.69) is 0 Å². The number of ether oxygens (including phenoxy) is 1. The second-order valence-corrected chi connectivity index (χ2v) is 3.86. The molecule has 1 N–H and O–H groups in total. The summed E-state index contributed by atoms with van der Waals surface area (Å²) >= 11 is 1.51. The second kappa shape index (κ2) is 6.53. The van der Waals surface area contributed by atoms with Crippen molar-refractivity contribution in [3.63, 3.8) is 0 Å². The Morgan fingerprint density at radius 1 is 1.67 bits per heavy atom. The third-order valence-electron chi connectivity index (χ3n) is 1.71. The van der Waals surface area contributed by atoms with E-state index in [-0.39, 0.29) is 12.6 Å². The highest BCUT2D eigenvalue weighted by Gasteiger charge is 2.15. The first-order valence-corrected chi connectivity index (χ1v) is 5.87. The van der Waals surface area contributed by atoms with Crippen molar-refractivity contribution < 1.29 is 19.1 Å². The van der Waals surface area contributed by atoms with Gasteiger partial charge in [0, 0.05) is 5.75 Å². The van der Waals surface area contributed by atoms with E-state index in [1.165, 1.54) is 18.0 Å². The third kappa shape index (κ3) is 3.60. The monoisotopic (exact) mass is 230 g/mol. The molecule has 15 heavy (non-hydrogen) atoms. The summed E-state index contributed by atoms with van der Waals surface area (Å²) in [6, 6.07) is 1.60. The molecule has 5 heteroatoms. The molecule has 0 aliphatic rings. The van der Waals surface area contributed by atoms with Crippen LogP contribution in [0.25, 0.3) is 0 Å². The molecule has 1 aromatic heterocycles. The van der Waals surface area contributed by atoms with Crippen molar-refractivity contribution in [1.29, 1.82) is 0 Å². The van der Waals surface area contributed by atoms with E-state index in [4.69, 9.17) is 14.3 Å². The first-order chi connectivity index (χ1) is 7.29. The average Bonchev–Trinajstić information content (AvgIpc) is 2.67. The molecule has 0 amide bonds. The lowest BCUT2D eigenvalue weighted by molar-refractivity contribution is 0.0524. The topological polar surface area (TPSA) is 59.7 Å². The number of carbonyl (C=O) groups is 1. The molecule has 0 aliphatic carbocycles. The summed E-state index contributed by atoms with van der Waals surface area (Å²) in [5.74, 6) is 1.45. The Morgan fingerprint density at radius 3 is 3.13 bits per heavy atom. The van der Waals surface area contributed by atoms with Crippen molar-refractivity contribution in [2.45, 2.75) is 12.7 Å². The Kier molecular flexibility index (Phi) is 5.28. The van der Waals surface area contributed by atoms with Gasteiger partial charge in [0.25, 0.3) is 0 Å². The van der Waals surface area contributed by atoms with E-state index in [1.807, 2.05) is 0 Å². The van der Waals surface area contributed by atoms with Gasteiger partial charge in [-0.05, 0) is 13.0 Å². The van der Waals surface area contributed by atoms with Gasteiger partial charge in [-0.3, -0.25) is 0 Å². The molecule has 0 bridgehead atoms. The Hall–Kier alpha value is -0.940. The third-order valence-corrected chi connectivity index (χ3v) is 2.65. The minimum atomic E-state index is -0.356. The first kappa shape index (κ1) is 12.1. The molecule has 1 heterocycles. The molecule has 0 unspecified atom stereocenters. The van der Waals surface area contributed by atoms with Gasteiger partial charge in [-0.15, -0.1) is 0 Å². The Bertz CT molecular complexity index is 308. The van der Waals surface area contributed by atoms with Crippen molar-refractivity contribution in [2.75, 3.05) is 19.0 Å². The molecule has 0 radical (unpaired) electrons. The minimum absolute atomic E-state index is 0.125. The van der Waals surface area contributed by atoms with Crippen LogP contribution in [-0.2, 0) is 10.5 Å². The zero-order chi connectivity index (χ0) is 11.1. The molecule has 0 spiro atoms. The Morgan fingerprint density at radius 2 is 2.47 bits per heavy atom. The number of esters is 1. The van der Waals surface area contributed by atoms with Crippen LogP contribution >= 0.6 is 11.8 Å². The summed E-state index contributed by atoms with van der Waals surface area (Å²) in [5, 5.41) is 8.61. The lowest BCUT2D eigenvalue weighted by Crippen LogP contribution is -2.05. The second-order valence-electron chi connectivity index (χ2n) is 2.75. The maximum Gasteiger partial charge on any atom is 0.341 e. The van der Waals surface area contributed by atoms with Crippen LogP contribution in [-0.4, -0.2) is 30.0 Å². The van der Waals surface area contributed by atoms with Crippen molar-refractivity contribution >= 4 is 17.7 Å². The number of carbonyl (C=O) groups excluding carboxylic acids is 1. The molecule has 0 aromatic carbocycles. The summed E-state index contributed by atoms with van der Waals surface area (Å²) < 4.78 is 10.1. The summed E-state index contributed by atoms with van der Waals surface area (Å²) in [7, 11) is 0. The van der Waals surface area contributed by atoms with Gasteiger partial charge < -0.3 is 14.3 Å². The lowest BCUT2D eigenvalue weighted by atomic mass is 10.3. The number of aliphatic hydroxyl groups is 1. The number of aliphatic hydroxyl groups excluding tert-OH is 1. The van der Waals surface area contributed by atoms with Gasteiger partial charge >= 0.3 is 5.97 Å². The number of furan rings is 1. The van der Waals surface area contributed by atoms with Crippen LogP contribution in [0, 0.1) is 0 Å². The van der Waals surface area contributed by atoms with E-state index < -0.39 is 0 Å². The zero-order valence-corrected chi connectivity index (χ0v) is 9.38. The van der Waals surface area contributed by atoms with Crippen LogP contribution in [0.4, 0.5) is 0 Å². The molecule has 4 nitrogen and oxygen atoms in total. The van der Waals surface area contributed by atoms with Gasteiger partial charge in [-0.25, -0.2) is 4.79 Å². The summed E-state index contributed by atoms with van der Waals surface area (Å²) in [5.41, 5.74) is 0.474. The maximum atomic E-state index is 11.4. The van der Waals surface area contributed by atoms with Gasteiger partial charge in [0.1, 0.15) is 11.3 Å². The van der Waals surface area contributed by atoms with E-state index >= 15 is 0 Å². The molecule has 0 saturated carbocycles. The average molecular weight is 230 g/mol. The fourth-order valence-corrected chi connectivity index (χ4v) is 1.75. The first-order valence-electron chi connectivity index (χ1n) is 4.71. The van der Waals surface area contributed by atoms with E-state index in [9.17, 15) is 4.79 Å². The van der Waals surface area contributed by atoms with Crippen LogP contribution in [0.3, 0.4) is 0 Å². The molecule has 1 aromatic rings. The van der Waals surface area contributed by atoms with Crippen LogP contribution in [0.15, 0.2) is 16.7 Å². The van der Waals surface area contributed by atoms with E-state index in [0.29, 0.717) is 29.4 Å². The molecule has 0 saturated heterocycles. The summed E-state index contributed by atoms with van der Waals surface area (Å²) in [4.78, 5) is 11.4. The maximum absolute atomic E-state index is 11.4. The molecule has 0 aliphatic heterocycles. The fourth-order valence-electron chi connectivity index (χ4n) is 1.07. The highest BCUT2D eigenvalue weighted by Crippen LogP contribution is 2.18. The fraction of sp³-hybridized carbons (Fsp3) is 0.500. The Balaban J connectivity index is 2.56. The molecular weight excluding hydrogens is 216 g/mol. The van der Waals surface area contributed by atoms with E-state index in [0.717, 1.165) is 0 Å². The lowest BCUT2D eigenvalue weighted by Gasteiger charge is -2.01. The SMILES string of the molecule is CCOC(=O)c1ccoc1CSCCO. The van der Waals surface area contributed by atoms with Gasteiger partial charge in [0.15, 0.2) is 0 Å². The molecule has 1 rings (SSSR count). The molecule has 84 valence electrons. The smallest absolute Gasteiger partial charge is 0.341 e. The number of hydrogen-bond donors (Lipinski definition) is 1. The van der Waals surface area contributed by atoms with Gasteiger partial charge in [0.05, 0.1) is 25.2 Å². The standard InChI is InChI=1S/C10H14O4S/c1-2-13-10(12)8-3-5-14-9(8)7-15-6-4-11/h3,5,11H,2,4,6-7H2,1H3. The van der Waals surface area contributed by atoms with Crippen molar-refractivity contribution in [3.8, 4) is 0 Å². The minimum Gasteiger partial charge on any atom is -0.468 e. The number of hydrogen-bond acceptors (Lipinski definition) is 5. The number of thioether (sulfide) groups is 1. The highest BCUT2D eigenvalue weighted by molar-refractivity contribution is 7.98. The Labute approximate surface area is 92.6 Å². The van der Waals surface area contributed by atoms with E-state index in [1.54, 1.807) is 13.0 Å². The predicted molar refractivity (Wildman–Crippen MR) is 57.9 cm³/mol. The summed E-state index contributed by atoms with van der Waals surface area (Å²) in [6.45, 7) is 2.24. The zero-order valence-electron chi connectivity index (χ0n) is 8.56. The van der Waals surface area contributed by atoms with Crippen molar-refractivity contribution in [1.82, 2.24) is 0 Å². The predicted octanol–water partition coefficient (Wildman–Crippen LogP) is 1.68. The van der Waals surface area contributed by atoms with Crippen LogP contribution in [0.2, 0.25) is 0 Å². The van der Waals surface area contributed by atoms with Gasteiger partial charge in [0.2, 0.25) is 0 Å². The van der Waals surface area contributed by atoms with Crippen molar-refractivity contribution in [2.24, 2.45) is 0 Å². The summed E-state index contributed by atoms with van der Waals surface area (Å²) in [6.07, 6.45) is 1.47. The molecular formula is C10H14O4S. The quantitative estimate of drug-likeness (QED) is 0.595. The molecule has 0 fully saturated rings. The normalized spacial score (nSPS) is 10.3. The van der Waals surface area contributed by atoms with Crippen molar-refractivity contribution in [3.05, 3.63) is 23.7 Å². The number of rotatable bonds is 6. The largest absolute Gasteiger partial charge is 0.468 e.